The van der Waals surface area contributed by atoms with E-state index in [-0.39, 0.29) is 6.10 Å². The van der Waals surface area contributed by atoms with E-state index in [9.17, 15) is 5.11 Å². The van der Waals surface area contributed by atoms with Crippen LogP contribution in [0.4, 0.5) is 0 Å². The summed E-state index contributed by atoms with van der Waals surface area (Å²) < 4.78 is 0.915. The molecule has 0 aliphatic heterocycles. The van der Waals surface area contributed by atoms with Gasteiger partial charge in [0.2, 0.25) is 0 Å². The molecule has 2 rings (SSSR count). The maximum atomic E-state index is 10.3. The maximum Gasteiger partial charge on any atom is 0.0829 e. The van der Waals surface area contributed by atoms with E-state index >= 15 is 0 Å². The molecule has 1 aliphatic carbocycles. The Bertz CT molecular complexity index is 361. The van der Waals surface area contributed by atoms with Gasteiger partial charge >= 0.3 is 0 Å². The van der Waals surface area contributed by atoms with Crippen LogP contribution in [-0.2, 0) is 0 Å². The Morgan fingerprint density at radius 3 is 2.56 bits per heavy atom. The van der Waals surface area contributed by atoms with Crippen LogP contribution in [0.25, 0.3) is 0 Å². The van der Waals surface area contributed by atoms with E-state index < -0.39 is 0 Å². The van der Waals surface area contributed by atoms with Crippen molar-refractivity contribution in [3.05, 3.63) is 33.3 Å². The van der Waals surface area contributed by atoms with Crippen molar-refractivity contribution in [2.45, 2.75) is 38.2 Å². The van der Waals surface area contributed by atoms with E-state index in [4.69, 9.17) is 11.6 Å². The normalized spacial score (nSPS) is 19.7. The van der Waals surface area contributed by atoms with Gasteiger partial charge in [-0.05, 0) is 36.5 Å². The fraction of sp³-hybridized carbons (Fsp3) is 0.538. The number of hydrogen-bond acceptors (Lipinski definition) is 1. The zero-order chi connectivity index (χ0) is 11.5. The Morgan fingerprint density at radius 1 is 1.25 bits per heavy atom. The third kappa shape index (κ3) is 2.79. The highest BCUT2D eigenvalue weighted by molar-refractivity contribution is 9.10. The summed E-state index contributed by atoms with van der Waals surface area (Å²) in [4.78, 5) is 0. The highest BCUT2D eigenvalue weighted by Gasteiger charge is 2.24. The summed E-state index contributed by atoms with van der Waals surface area (Å²) in [7, 11) is 0. The lowest BCUT2D eigenvalue weighted by atomic mass is 9.83. The first-order chi connectivity index (χ1) is 7.68. The molecule has 1 aromatic rings. The molecule has 0 aromatic heterocycles. The van der Waals surface area contributed by atoms with Gasteiger partial charge in [-0.3, -0.25) is 0 Å². The van der Waals surface area contributed by atoms with Crippen LogP contribution < -0.4 is 0 Å². The Hall–Kier alpha value is -0.0500. The zero-order valence-electron chi connectivity index (χ0n) is 9.13. The minimum atomic E-state index is -0.355. The van der Waals surface area contributed by atoms with Crippen molar-refractivity contribution in [1.82, 2.24) is 0 Å². The second kappa shape index (κ2) is 5.52. The first kappa shape index (κ1) is 12.4. The molecule has 1 fully saturated rings. The molecule has 1 nitrogen and oxygen atoms in total. The summed E-state index contributed by atoms with van der Waals surface area (Å²) in [6, 6.07) is 5.61. The summed E-state index contributed by atoms with van der Waals surface area (Å²) in [6.45, 7) is 0. The predicted octanol–water partition coefficient (Wildman–Crippen LogP) is 4.72. The highest BCUT2D eigenvalue weighted by Crippen LogP contribution is 2.37. The molecule has 0 radical (unpaired) electrons. The van der Waals surface area contributed by atoms with E-state index in [2.05, 4.69) is 15.9 Å². The molecule has 0 bridgehead atoms. The Balaban J connectivity index is 2.15. The Morgan fingerprint density at radius 2 is 1.94 bits per heavy atom. The van der Waals surface area contributed by atoms with Crippen LogP contribution in [0.3, 0.4) is 0 Å². The van der Waals surface area contributed by atoms with E-state index in [0.29, 0.717) is 10.9 Å². The number of benzene rings is 1. The molecule has 0 saturated heterocycles. The van der Waals surface area contributed by atoms with Gasteiger partial charge in [-0.25, -0.2) is 0 Å². The fourth-order valence-electron chi connectivity index (χ4n) is 2.45. The lowest BCUT2D eigenvalue weighted by molar-refractivity contribution is 0.0842. The van der Waals surface area contributed by atoms with Crippen LogP contribution in [0, 0.1) is 5.92 Å². The van der Waals surface area contributed by atoms with Crippen LogP contribution in [0.1, 0.15) is 43.8 Å². The first-order valence-electron chi connectivity index (χ1n) is 5.81. The summed E-state index contributed by atoms with van der Waals surface area (Å²) in [6.07, 6.45) is 5.71. The third-order valence-corrected chi connectivity index (χ3v) is 4.30. The van der Waals surface area contributed by atoms with Crippen molar-refractivity contribution in [1.29, 1.82) is 0 Å². The molecule has 1 saturated carbocycles. The highest BCUT2D eigenvalue weighted by atomic mass is 79.9. The molecule has 88 valence electrons. The largest absolute Gasteiger partial charge is 0.388 e. The predicted molar refractivity (Wildman–Crippen MR) is 70.7 cm³/mol. The topological polar surface area (TPSA) is 20.2 Å². The number of halogens is 2. The van der Waals surface area contributed by atoms with Crippen molar-refractivity contribution < 1.29 is 5.11 Å². The lowest BCUT2D eigenvalue weighted by Gasteiger charge is -2.27. The number of aliphatic hydroxyl groups excluding tert-OH is 1. The van der Waals surface area contributed by atoms with Gasteiger partial charge in [0.15, 0.2) is 0 Å². The van der Waals surface area contributed by atoms with E-state index in [1.165, 1.54) is 19.3 Å². The molecule has 0 heterocycles. The zero-order valence-corrected chi connectivity index (χ0v) is 11.5. The molecule has 3 heteroatoms. The standard InChI is InChI=1S/C13H16BrClO/c14-12-8-10(15)6-7-11(12)13(16)9-4-2-1-3-5-9/h6-9,13,16H,1-5H2. The van der Waals surface area contributed by atoms with Crippen molar-refractivity contribution in [3.63, 3.8) is 0 Å². The summed E-state index contributed by atoms with van der Waals surface area (Å²) in [5, 5.41) is 11.0. The SMILES string of the molecule is OC(c1ccc(Cl)cc1Br)C1CCCCC1. The van der Waals surface area contributed by atoms with E-state index in [1.807, 2.05) is 18.2 Å². The Labute approximate surface area is 110 Å². The van der Waals surface area contributed by atoms with Crippen LogP contribution in [-0.4, -0.2) is 5.11 Å². The van der Waals surface area contributed by atoms with Gasteiger partial charge in [0.05, 0.1) is 6.10 Å². The molecule has 16 heavy (non-hydrogen) atoms. The first-order valence-corrected chi connectivity index (χ1v) is 6.98. The smallest absolute Gasteiger partial charge is 0.0829 e. The molecule has 1 N–H and O–H groups in total. The van der Waals surface area contributed by atoms with Crippen LogP contribution in [0.2, 0.25) is 5.02 Å². The number of hydrogen-bond donors (Lipinski definition) is 1. The third-order valence-electron chi connectivity index (χ3n) is 3.38. The van der Waals surface area contributed by atoms with Gasteiger partial charge in [-0.2, -0.15) is 0 Å². The lowest BCUT2D eigenvalue weighted by Crippen LogP contribution is -2.16. The van der Waals surface area contributed by atoms with Gasteiger partial charge in [0.25, 0.3) is 0 Å². The van der Waals surface area contributed by atoms with Gasteiger partial charge < -0.3 is 5.11 Å². The maximum absolute atomic E-state index is 10.3. The molecular weight excluding hydrogens is 287 g/mol. The molecule has 0 spiro atoms. The summed E-state index contributed by atoms with van der Waals surface area (Å²) in [5.41, 5.74) is 0.969. The molecular formula is C13H16BrClO. The van der Waals surface area contributed by atoms with Gasteiger partial charge in [-0.1, -0.05) is 52.9 Å². The van der Waals surface area contributed by atoms with Crippen LogP contribution >= 0.6 is 27.5 Å². The van der Waals surface area contributed by atoms with Crippen molar-refractivity contribution in [2.75, 3.05) is 0 Å². The summed E-state index contributed by atoms with van der Waals surface area (Å²) >= 11 is 9.37. The number of rotatable bonds is 2. The molecule has 1 aliphatic rings. The van der Waals surface area contributed by atoms with Crippen molar-refractivity contribution in [2.24, 2.45) is 5.92 Å². The quantitative estimate of drug-likeness (QED) is 0.838. The monoisotopic (exact) mass is 302 g/mol. The molecule has 1 aromatic carbocycles. The van der Waals surface area contributed by atoms with Gasteiger partial charge in [0, 0.05) is 9.50 Å². The minimum absolute atomic E-state index is 0.355. The van der Waals surface area contributed by atoms with Crippen LogP contribution in [0.5, 0.6) is 0 Å². The average molecular weight is 304 g/mol. The van der Waals surface area contributed by atoms with E-state index in [0.717, 1.165) is 22.9 Å². The molecule has 0 amide bonds. The summed E-state index contributed by atoms with van der Waals surface area (Å²) in [5.74, 6) is 0.409. The fourth-order valence-corrected chi connectivity index (χ4v) is 3.36. The molecule has 1 unspecified atom stereocenters. The molecule has 1 atom stereocenters. The number of aliphatic hydroxyl groups is 1. The van der Waals surface area contributed by atoms with Crippen molar-refractivity contribution >= 4 is 27.5 Å². The van der Waals surface area contributed by atoms with Crippen molar-refractivity contribution in [3.8, 4) is 0 Å². The second-order valence-electron chi connectivity index (χ2n) is 4.51. The minimum Gasteiger partial charge on any atom is -0.388 e. The van der Waals surface area contributed by atoms with E-state index in [1.54, 1.807) is 0 Å². The van der Waals surface area contributed by atoms with Gasteiger partial charge in [-0.15, -0.1) is 0 Å². The second-order valence-corrected chi connectivity index (χ2v) is 5.80. The Kier molecular flexibility index (Phi) is 4.28. The van der Waals surface area contributed by atoms with Crippen LogP contribution in [0.15, 0.2) is 22.7 Å². The van der Waals surface area contributed by atoms with Gasteiger partial charge in [0.1, 0.15) is 0 Å². The average Bonchev–Trinajstić information content (AvgIpc) is 2.29.